The topological polar surface area (TPSA) is 120 Å². The van der Waals surface area contributed by atoms with Crippen molar-refractivity contribution < 1.29 is 40.0 Å². The van der Waals surface area contributed by atoms with Gasteiger partial charge in [0.15, 0.2) is 36.0 Å². The van der Waals surface area contributed by atoms with Crippen molar-refractivity contribution >= 4 is 87.8 Å². The molecule has 0 saturated heterocycles. The zero-order chi connectivity index (χ0) is 63.6. The van der Waals surface area contributed by atoms with Crippen molar-refractivity contribution in [3.8, 4) is 45.0 Å². The molecule has 12 aromatic heterocycles. The monoisotopic (exact) mass is 1160 g/mol. The molecule has 0 radical (unpaired) electrons. The van der Waals surface area contributed by atoms with Crippen LogP contribution in [0.5, 0.6) is 0 Å². The lowest BCUT2D eigenvalue weighted by atomic mass is 10.0. The van der Waals surface area contributed by atoms with Crippen LogP contribution in [0, 0.1) is 55.3 Å². The maximum Gasteiger partial charge on any atom is 0.216 e. The number of rotatable bonds is 4. The predicted molar refractivity (Wildman–Crippen MR) is 350 cm³/mol. The normalized spacial score (nSPS) is 12.1. The van der Waals surface area contributed by atoms with Gasteiger partial charge in [-0.05, 0) is 114 Å². The van der Waals surface area contributed by atoms with E-state index >= 15 is 0 Å². The molecule has 0 bridgehead atoms. The van der Waals surface area contributed by atoms with E-state index in [1.807, 2.05) is 118 Å². The quantitative estimate of drug-likeness (QED) is 0.160. The highest BCUT2D eigenvalue weighted by molar-refractivity contribution is 6.13. The van der Waals surface area contributed by atoms with Gasteiger partial charge in [-0.3, -0.25) is 19.9 Å². The molecule has 0 N–H and O–H groups in total. The first-order valence-corrected chi connectivity index (χ1v) is 29.3. The minimum atomic E-state index is -2.30. The summed E-state index contributed by atoms with van der Waals surface area (Å²) in [6, 6.07) is 49.2. The Kier molecular flexibility index (Phi) is 13.8. The number of hydrogen-bond acceptors (Lipinski definition) is 8. The zero-order valence-corrected chi connectivity index (χ0v) is 51.2. The van der Waals surface area contributed by atoms with Crippen LogP contribution in [0.2, 0.25) is 0 Å². The van der Waals surface area contributed by atoms with Crippen LogP contribution in [0.4, 0.5) is 0 Å². The second kappa shape index (κ2) is 22.9. The maximum atomic E-state index is 7.88. The van der Waals surface area contributed by atoms with E-state index in [4.69, 9.17) is 21.8 Å². The van der Waals surface area contributed by atoms with Crippen molar-refractivity contribution in [1.82, 2.24) is 19.9 Å². The fraction of sp³-hybridized carbons (Fsp3) is 0.158. The molecule has 0 amide bonds. The molecule has 0 spiro atoms. The van der Waals surface area contributed by atoms with Crippen LogP contribution in [-0.2, 0) is 28.2 Å². The van der Waals surface area contributed by atoms with Crippen LogP contribution in [0.1, 0.15) is 49.1 Å². The van der Waals surface area contributed by atoms with Gasteiger partial charge in [0.25, 0.3) is 0 Å². The summed E-state index contributed by atoms with van der Waals surface area (Å²) in [6.45, 7) is 11.8. The number of pyridine rings is 8. The average molecular weight is 1160 g/mol. The van der Waals surface area contributed by atoms with Crippen molar-refractivity contribution in [3.63, 3.8) is 0 Å². The van der Waals surface area contributed by atoms with Crippen LogP contribution in [-0.4, -0.2) is 19.9 Å². The highest BCUT2D eigenvalue weighted by Gasteiger charge is 2.25. The number of aromatic nitrogens is 8. The molecule has 0 aliphatic heterocycles. The molecule has 4 aromatic carbocycles. The summed E-state index contributed by atoms with van der Waals surface area (Å²) in [5, 5.41) is 8.06. The second-order valence-electron chi connectivity index (χ2n) is 22.7. The minimum Gasteiger partial charge on any atom is -0.455 e. The van der Waals surface area contributed by atoms with Gasteiger partial charge in [0.05, 0.1) is 34.1 Å². The number of aryl methyl sites for hydroxylation is 12. The smallest absolute Gasteiger partial charge is 0.216 e. The van der Waals surface area contributed by atoms with Gasteiger partial charge in [-0.15, -0.1) is 0 Å². The summed E-state index contributed by atoms with van der Waals surface area (Å²) in [4.78, 5) is 17.2. The summed E-state index contributed by atoms with van der Waals surface area (Å²) in [5.41, 5.74) is 22.8. The van der Waals surface area contributed by atoms with Crippen molar-refractivity contribution in [2.45, 2.75) is 55.3 Å². The summed E-state index contributed by atoms with van der Waals surface area (Å²) in [6.07, 6.45) is 15.5. The largest absolute Gasteiger partial charge is 0.455 e. The van der Waals surface area contributed by atoms with Crippen molar-refractivity contribution in [3.05, 3.63) is 240 Å². The Morgan fingerprint density at radius 2 is 0.773 bits per heavy atom. The standard InChI is InChI=1S/C20H19N2O.2C19H17N2O.C18H15N2O/c1-12-8-9-15-19-14(3)21-13(2)11-17(19)23-20(15)18(12)16-7-5-6-10-22(16)4;1-12-7-8-14-15-9-10-20-13(2)18(15)22-19(14)17(12)16-6-4-5-11-21(16)3;1-12-7-8-14-15-11-20-13(2)10-17(15)22-19(14)18(12)16-6-4-5-9-21(16)3;1-12-6-7-14-13-8-9-19-11-16(13)21-18(14)17(12)15-5-3-4-10-20(15)2/h5-11H,1-4H3;2*4-11H,1-3H3;3-11H,1-2H3/q4*+1/i3D3;;;. The second-order valence-corrected chi connectivity index (χ2v) is 22.7. The first kappa shape index (κ1) is 52.8. The molecule has 0 aliphatic carbocycles. The van der Waals surface area contributed by atoms with E-state index in [1.54, 1.807) is 25.4 Å². The van der Waals surface area contributed by atoms with E-state index < -0.39 is 6.85 Å². The average Bonchev–Trinajstić information content (AvgIpc) is 1.73. The van der Waals surface area contributed by atoms with Crippen LogP contribution < -0.4 is 18.3 Å². The lowest BCUT2D eigenvalue weighted by Crippen LogP contribution is -2.30. The summed E-state index contributed by atoms with van der Waals surface area (Å²) >= 11 is 0. The minimum absolute atomic E-state index is 0.0958. The van der Waals surface area contributed by atoms with Crippen LogP contribution in [0.15, 0.2) is 213 Å². The third-order valence-electron chi connectivity index (χ3n) is 16.7. The molecule has 12 heteroatoms. The van der Waals surface area contributed by atoms with Crippen LogP contribution in [0.25, 0.3) is 133 Å². The number of fused-ring (bicyclic) bond motifs is 12. The van der Waals surface area contributed by atoms with Crippen molar-refractivity contribution in [1.29, 1.82) is 0 Å². The Bertz CT molecular complexity index is 5520. The molecule has 0 aliphatic rings. The fourth-order valence-corrected chi connectivity index (χ4v) is 12.2. The molecular formula is C76H68N8O4+4. The van der Waals surface area contributed by atoms with Gasteiger partial charge < -0.3 is 17.7 Å². The van der Waals surface area contributed by atoms with E-state index in [2.05, 4.69) is 167 Å². The van der Waals surface area contributed by atoms with Gasteiger partial charge in [0.1, 0.15) is 61.7 Å². The van der Waals surface area contributed by atoms with E-state index in [0.717, 1.165) is 133 Å². The maximum absolute atomic E-state index is 7.88. The van der Waals surface area contributed by atoms with Gasteiger partial charge in [-0.25, -0.2) is 18.3 Å². The van der Waals surface area contributed by atoms with Crippen molar-refractivity contribution in [2.24, 2.45) is 28.2 Å². The Labute approximate surface area is 514 Å². The number of hydrogen-bond donors (Lipinski definition) is 0. The van der Waals surface area contributed by atoms with Gasteiger partial charge in [0, 0.05) is 144 Å². The third-order valence-corrected chi connectivity index (χ3v) is 16.7. The first-order chi connectivity index (χ1) is 43.8. The Morgan fingerprint density at radius 3 is 1.28 bits per heavy atom. The molecular weight excluding hydrogens is 1090 g/mol. The summed E-state index contributed by atoms with van der Waals surface area (Å²) in [5.74, 6) is 0. The van der Waals surface area contributed by atoms with E-state index in [9.17, 15) is 0 Å². The van der Waals surface area contributed by atoms with Gasteiger partial charge in [-0.2, -0.15) is 0 Å². The number of nitrogens with zero attached hydrogens (tertiary/aromatic N) is 8. The van der Waals surface area contributed by atoms with E-state index in [-0.39, 0.29) is 5.69 Å². The number of furan rings is 4. The lowest BCUT2D eigenvalue weighted by molar-refractivity contribution is -0.660. The van der Waals surface area contributed by atoms with E-state index in [1.165, 1.54) is 16.7 Å². The molecule has 432 valence electrons. The highest BCUT2D eigenvalue weighted by atomic mass is 16.3. The van der Waals surface area contributed by atoms with Gasteiger partial charge in [0.2, 0.25) is 22.8 Å². The predicted octanol–water partition coefficient (Wildman–Crippen LogP) is 16.4. The molecule has 0 atom stereocenters. The molecule has 0 unspecified atom stereocenters. The zero-order valence-electron chi connectivity index (χ0n) is 54.2. The highest BCUT2D eigenvalue weighted by Crippen LogP contribution is 2.41. The lowest BCUT2D eigenvalue weighted by Gasteiger charge is -2.05. The SMILES string of the molecule is Cc1cc2oc3c(-c4cccc[n+]4C)c(C)ccc3c2cn1.Cc1ccc2c(oc3c(C)nccc32)c1-c1cccc[n+]1C.Cc1ccc2c(oc3cnccc32)c1-c1cccc[n+]1C.[2H]C([2H])([2H])c1nc(C)cc2oc3c(-c4cccc[n+]4C)c(C)ccc3c12. The fourth-order valence-electron chi connectivity index (χ4n) is 12.2. The molecule has 12 nitrogen and oxygen atoms in total. The summed E-state index contributed by atoms with van der Waals surface area (Å²) < 4.78 is 56.8. The first-order valence-electron chi connectivity index (χ1n) is 30.8. The van der Waals surface area contributed by atoms with Crippen LogP contribution in [0.3, 0.4) is 0 Å². The molecule has 0 fully saturated rings. The Morgan fingerprint density at radius 1 is 0.352 bits per heavy atom. The van der Waals surface area contributed by atoms with Gasteiger partial charge in [-0.1, -0.05) is 48.5 Å². The molecule has 16 rings (SSSR count). The molecule has 88 heavy (non-hydrogen) atoms. The van der Waals surface area contributed by atoms with Crippen molar-refractivity contribution in [2.75, 3.05) is 0 Å². The Balaban J connectivity index is 0.000000111. The number of benzene rings is 4. The van der Waals surface area contributed by atoms with Gasteiger partial charge >= 0.3 is 0 Å². The Hall–Kier alpha value is -10.7. The molecule has 12 heterocycles. The molecule has 0 saturated carbocycles. The molecule has 16 aromatic rings. The third kappa shape index (κ3) is 10.1. The summed E-state index contributed by atoms with van der Waals surface area (Å²) in [7, 11) is 8.15. The van der Waals surface area contributed by atoms with Crippen LogP contribution >= 0.6 is 0 Å². The van der Waals surface area contributed by atoms with E-state index in [0.29, 0.717) is 22.2 Å².